The number of para-hydroxylation sites is 2. The van der Waals surface area contributed by atoms with E-state index in [0.29, 0.717) is 6.61 Å². The van der Waals surface area contributed by atoms with E-state index in [1.54, 1.807) is 7.11 Å². The third-order valence-electron chi connectivity index (χ3n) is 4.73. The molecule has 4 rings (SSSR count). The van der Waals surface area contributed by atoms with E-state index in [9.17, 15) is 0 Å². The molecule has 0 fully saturated rings. The molecule has 0 unspecified atom stereocenters. The molecule has 0 aliphatic rings. The second-order valence-electron chi connectivity index (χ2n) is 6.50. The summed E-state index contributed by atoms with van der Waals surface area (Å²) in [5.74, 6) is 2.45. The van der Waals surface area contributed by atoms with Gasteiger partial charge in [0.25, 0.3) is 0 Å². The van der Waals surface area contributed by atoms with Gasteiger partial charge in [-0.2, -0.15) is 0 Å². The molecule has 1 heterocycles. The van der Waals surface area contributed by atoms with Crippen LogP contribution in [0.15, 0.2) is 72.8 Å². The number of fused-ring (bicyclic) bond motifs is 1. The van der Waals surface area contributed by atoms with E-state index in [4.69, 9.17) is 14.5 Å². The van der Waals surface area contributed by atoms with Gasteiger partial charge in [0.15, 0.2) is 0 Å². The summed E-state index contributed by atoms with van der Waals surface area (Å²) < 4.78 is 13.5. The van der Waals surface area contributed by atoms with Crippen LogP contribution in [0.25, 0.3) is 11.0 Å². The summed E-state index contributed by atoms with van der Waals surface area (Å²) in [6.45, 7) is 3.30. The molecular formula is C23H22N2O2. The van der Waals surface area contributed by atoms with Gasteiger partial charge in [0, 0.05) is 12.6 Å². The number of hydrogen-bond acceptors (Lipinski definition) is 3. The highest BCUT2D eigenvalue weighted by Gasteiger charge is 2.12. The van der Waals surface area contributed by atoms with Gasteiger partial charge < -0.3 is 14.0 Å². The normalized spacial score (nSPS) is 10.9. The largest absolute Gasteiger partial charge is 0.497 e. The summed E-state index contributed by atoms with van der Waals surface area (Å²) >= 11 is 0. The van der Waals surface area contributed by atoms with Crippen molar-refractivity contribution in [2.45, 2.75) is 20.1 Å². The van der Waals surface area contributed by atoms with Crippen LogP contribution in [-0.2, 0) is 13.2 Å². The van der Waals surface area contributed by atoms with Crippen LogP contribution in [0.1, 0.15) is 17.0 Å². The fraction of sp³-hybridized carbons (Fsp3) is 0.174. The molecule has 0 saturated heterocycles. The minimum absolute atomic E-state index is 0.397. The molecule has 1 aromatic heterocycles. The van der Waals surface area contributed by atoms with Gasteiger partial charge in [0.05, 0.1) is 18.1 Å². The van der Waals surface area contributed by atoms with Gasteiger partial charge in [0.2, 0.25) is 0 Å². The highest BCUT2D eigenvalue weighted by atomic mass is 16.5. The number of methoxy groups -OCH3 is 1. The van der Waals surface area contributed by atoms with Gasteiger partial charge in [0.1, 0.15) is 23.9 Å². The molecule has 0 radical (unpaired) electrons. The van der Waals surface area contributed by atoms with Crippen molar-refractivity contribution < 1.29 is 9.47 Å². The summed E-state index contributed by atoms with van der Waals surface area (Å²) in [7, 11) is 1.65. The van der Waals surface area contributed by atoms with E-state index in [1.807, 2.05) is 42.5 Å². The Bertz CT molecular complexity index is 1070. The predicted octanol–water partition coefficient (Wildman–Crippen LogP) is 4.98. The Balaban J connectivity index is 1.66. The average molecular weight is 358 g/mol. The number of nitrogens with zero attached hydrogens (tertiary/aromatic N) is 2. The van der Waals surface area contributed by atoms with E-state index < -0.39 is 0 Å². The van der Waals surface area contributed by atoms with Gasteiger partial charge >= 0.3 is 0 Å². The fourth-order valence-electron chi connectivity index (χ4n) is 3.21. The van der Waals surface area contributed by atoms with Gasteiger partial charge in [-0.05, 0) is 42.3 Å². The first kappa shape index (κ1) is 17.2. The molecule has 0 aliphatic carbocycles. The Kier molecular flexibility index (Phi) is 4.79. The Labute approximate surface area is 159 Å². The number of aryl methyl sites for hydroxylation is 1. The summed E-state index contributed by atoms with van der Waals surface area (Å²) in [6, 6.07) is 24.3. The molecule has 0 saturated carbocycles. The maximum atomic E-state index is 6.01. The molecule has 27 heavy (non-hydrogen) atoms. The van der Waals surface area contributed by atoms with Crippen molar-refractivity contribution in [1.82, 2.24) is 9.55 Å². The molecule has 0 spiro atoms. The van der Waals surface area contributed by atoms with Crippen molar-refractivity contribution >= 4 is 11.0 Å². The van der Waals surface area contributed by atoms with Crippen LogP contribution in [0.2, 0.25) is 0 Å². The van der Waals surface area contributed by atoms with Crippen molar-refractivity contribution in [2.24, 2.45) is 0 Å². The van der Waals surface area contributed by atoms with Crippen molar-refractivity contribution in [3.63, 3.8) is 0 Å². The molecule has 136 valence electrons. The summed E-state index contributed by atoms with van der Waals surface area (Å²) in [5.41, 5.74) is 4.65. The van der Waals surface area contributed by atoms with Gasteiger partial charge in [-0.3, -0.25) is 0 Å². The maximum absolute atomic E-state index is 6.01. The molecule has 4 aromatic rings. The number of aromatic nitrogens is 2. The third-order valence-corrected chi connectivity index (χ3v) is 4.73. The molecule has 0 N–H and O–H groups in total. The number of hydrogen-bond donors (Lipinski definition) is 0. The highest BCUT2D eigenvalue weighted by Crippen LogP contribution is 2.23. The molecule has 0 amide bonds. The SMILES string of the molecule is COc1cccc(OCc2nc3ccccc3n2Cc2ccccc2C)c1. The van der Waals surface area contributed by atoms with Crippen LogP contribution in [0, 0.1) is 6.92 Å². The standard InChI is InChI=1S/C23H22N2O2/c1-17-8-3-4-9-18(17)15-25-22-13-6-5-12-21(22)24-23(25)16-27-20-11-7-10-19(14-20)26-2/h3-14H,15-16H2,1-2H3. The molecule has 0 atom stereocenters. The Morgan fingerprint density at radius 3 is 2.52 bits per heavy atom. The monoisotopic (exact) mass is 358 g/mol. The van der Waals surface area contributed by atoms with E-state index in [1.165, 1.54) is 11.1 Å². The second kappa shape index (κ2) is 7.54. The molecular weight excluding hydrogens is 336 g/mol. The van der Waals surface area contributed by atoms with E-state index in [0.717, 1.165) is 34.9 Å². The van der Waals surface area contributed by atoms with Gasteiger partial charge in [-0.1, -0.05) is 42.5 Å². The first-order chi connectivity index (χ1) is 13.2. The van der Waals surface area contributed by atoms with Crippen molar-refractivity contribution in [2.75, 3.05) is 7.11 Å². The quantitative estimate of drug-likeness (QED) is 0.488. The van der Waals surface area contributed by atoms with Crippen LogP contribution < -0.4 is 9.47 Å². The van der Waals surface area contributed by atoms with Crippen LogP contribution in [-0.4, -0.2) is 16.7 Å². The number of ether oxygens (including phenoxy) is 2. The zero-order chi connectivity index (χ0) is 18.6. The zero-order valence-corrected chi connectivity index (χ0v) is 15.6. The lowest BCUT2D eigenvalue weighted by molar-refractivity contribution is 0.289. The number of benzene rings is 3. The Morgan fingerprint density at radius 2 is 1.67 bits per heavy atom. The first-order valence-electron chi connectivity index (χ1n) is 9.00. The van der Waals surface area contributed by atoms with Gasteiger partial charge in [-0.25, -0.2) is 4.98 Å². The predicted molar refractivity (Wildman–Crippen MR) is 107 cm³/mol. The highest BCUT2D eigenvalue weighted by molar-refractivity contribution is 5.76. The molecule has 3 aromatic carbocycles. The van der Waals surface area contributed by atoms with Crippen LogP contribution in [0.5, 0.6) is 11.5 Å². The van der Waals surface area contributed by atoms with E-state index in [-0.39, 0.29) is 0 Å². The molecule has 4 heteroatoms. The van der Waals surface area contributed by atoms with Crippen molar-refractivity contribution in [3.05, 3.63) is 89.7 Å². The summed E-state index contributed by atoms with van der Waals surface area (Å²) in [4.78, 5) is 4.80. The molecule has 0 aliphatic heterocycles. The minimum Gasteiger partial charge on any atom is -0.497 e. The first-order valence-corrected chi connectivity index (χ1v) is 9.00. The fourth-order valence-corrected chi connectivity index (χ4v) is 3.21. The number of imidazole rings is 1. The molecule has 0 bridgehead atoms. The maximum Gasteiger partial charge on any atom is 0.148 e. The van der Waals surface area contributed by atoms with Gasteiger partial charge in [-0.15, -0.1) is 0 Å². The Morgan fingerprint density at radius 1 is 0.889 bits per heavy atom. The molecule has 4 nitrogen and oxygen atoms in total. The topological polar surface area (TPSA) is 36.3 Å². The lowest BCUT2D eigenvalue weighted by atomic mass is 10.1. The van der Waals surface area contributed by atoms with E-state index in [2.05, 4.69) is 41.8 Å². The van der Waals surface area contributed by atoms with Crippen LogP contribution >= 0.6 is 0 Å². The smallest absolute Gasteiger partial charge is 0.148 e. The average Bonchev–Trinajstić information content (AvgIpc) is 3.06. The Hall–Kier alpha value is -3.27. The zero-order valence-electron chi connectivity index (χ0n) is 15.6. The lowest BCUT2D eigenvalue weighted by Crippen LogP contribution is -2.09. The second-order valence-corrected chi connectivity index (χ2v) is 6.50. The van der Waals surface area contributed by atoms with E-state index >= 15 is 0 Å². The van der Waals surface area contributed by atoms with Crippen molar-refractivity contribution in [3.8, 4) is 11.5 Å². The minimum atomic E-state index is 0.397. The number of rotatable bonds is 6. The van der Waals surface area contributed by atoms with Crippen LogP contribution in [0.3, 0.4) is 0 Å². The lowest BCUT2D eigenvalue weighted by Gasteiger charge is -2.12. The van der Waals surface area contributed by atoms with Crippen LogP contribution in [0.4, 0.5) is 0 Å². The van der Waals surface area contributed by atoms with Crippen molar-refractivity contribution in [1.29, 1.82) is 0 Å². The summed E-state index contributed by atoms with van der Waals surface area (Å²) in [5, 5.41) is 0. The third kappa shape index (κ3) is 3.65. The summed E-state index contributed by atoms with van der Waals surface area (Å²) in [6.07, 6.45) is 0.